The Bertz CT molecular complexity index is 795. The minimum Gasteiger partial charge on any atom is -0.493 e. The second kappa shape index (κ2) is 9.49. The monoisotopic (exact) mass is 385 g/mol. The quantitative estimate of drug-likeness (QED) is 0.719. The molecule has 0 radical (unpaired) electrons. The third-order valence-corrected chi connectivity index (χ3v) is 4.61. The maximum atomic E-state index is 12.5. The second-order valence-electron chi connectivity index (χ2n) is 7.68. The van der Waals surface area contributed by atoms with Gasteiger partial charge in [-0.3, -0.25) is 4.79 Å². The maximum absolute atomic E-state index is 12.5. The van der Waals surface area contributed by atoms with Crippen molar-refractivity contribution >= 4 is 5.91 Å². The average molecular weight is 386 g/mol. The Balaban J connectivity index is 2.06. The summed E-state index contributed by atoms with van der Waals surface area (Å²) in [6.45, 7) is 8.37. The van der Waals surface area contributed by atoms with E-state index in [1.165, 1.54) is 0 Å². The number of nitrogens with one attached hydrogen (secondary N) is 1. The van der Waals surface area contributed by atoms with Crippen LogP contribution in [0, 0.1) is 0 Å². The number of methoxy groups -OCH3 is 2. The normalized spacial score (nSPS) is 12.2. The summed E-state index contributed by atoms with van der Waals surface area (Å²) < 4.78 is 16.5. The molecule has 1 N–H and O–H groups in total. The van der Waals surface area contributed by atoms with Crippen LogP contribution in [-0.4, -0.2) is 26.7 Å². The standard InChI is InChI=1S/C23H31NO4/c1-7-18(16-12-13-20(26-5)21(14-16)27-6)24-22(25)15-28-19-11-9-8-10-17(19)23(2,3)4/h8-14,18H,7,15H2,1-6H3,(H,24,25)/t18-/m0/s1. The highest BCUT2D eigenvalue weighted by Crippen LogP contribution is 2.32. The molecule has 152 valence electrons. The predicted octanol–water partition coefficient (Wildman–Crippen LogP) is 4.65. The van der Waals surface area contributed by atoms with Crippen LogP contribution in [0.4, 0.5) is 0 Å². The highest BCUT2D eigenvalue weighted by Gasteiger charge is 2.20. The van der Waals surface area contributed by atoms with Gasteiger partial charge in [-0.2, -0.15) is 0 Å². The first kappa shape index (κ1) is 21.6. The molecule has 0 heterocycles. The third-order valence-electron chi connectivity index (χ3n) is 4.61. The van der Waals surface area contributed by atoms with E-state index >= 15 is 0 Å². The molecule has 0 aliphatic carbocycles. The summed E-state index contributed by atoms with van der Waals surface area (Å²) in [5, 5.41) is 3.04. The van der Waals surface area contributed by atoms with Crippen LogP contribution < -0.4 is 19.5 Å². The average Bonchev–Trinajstić information content (AvgIpc) is 2.69. The van der Waals surface area contributed by atoms with Gasteiger partial charge in [-0.25, -0.2) is 0 Å². The van der Waals surface area contributed by atoms with E-state index < -0.39 is 0 Å². The van der Waals surface area contributed by atoms with Crippen molar-refractivity contribution in [1.82, 2.24) is 5.32 Å². The zero-order valence-electron chi connectivity index (χ0n) is 17.7. The van der Waals surface area contributed by atoms with Gasteiger partial charge in [-0.1, -0.05) is 52.0 Å². The number of para-hydroxylation sites is 1. The van der Waals surface area contributed by atoms with Gasteiger partial charge in [0, 0.05) is 0 Å². The molecule has 0 aliphatic heterocycles. The molecule has 0 fully saturated rings. The van der Waals surface area contributed by atoms with E-state index in [4.69, 9.17) is 14.2 Å². The van der Waals surface area contributed by atoms with Crippen molar-refractivity contribution in [1.29, 1.82) is 0 Å². The van der Waals surface area contributed by atoms with Gasteiger partial charge in [0.15, 0.2) is 18.1 Å². The SMILES string of the molecule is CC[C@H](NC(=O)COc1ccccc1C(C)(C)C)c1ccc(OC)c(OC)c1. The number of carbonyl (C=O) groups is 1. The van der Waals surface area contributed by atoms with Crippen molar-refractivity contribution in [3.8, 4) is 17.2 Å². The number of amides is 1. The Kier molecular flexibility index (Phi) is 7.32. The lowest BCUT2D eigenvalue weighted by atomic mass is 9.86. The molecule has 0 spiro atoms. The maximum Gasteiger partial charge on any atom is 0.258 e. The molecule has 0 saturated carbocycles. The summed E-state index contributed by atoms with van der Waals surface area (Å²) in [5.74, 6) is 1.88. The summed E-state index contributed by atoms with van der Waals surface area (Å²) in [5.41, 5.74) is 1.98. The van der Waals surface area contributed by atoms with Gasteiger partial charge in [-0.15, -0.1) is 0 Å². The summed E-state index contributed by atoms with van der Waals surface area (Å²) >= 11 is 0. The van der Waals surface area contributed by atoms with Crippen molar-refractivity contribution in [3.05, 3.63) is 53.6 Å². The molecule has 0 bridgehead atoms. The van der Waals surface area contributed by atoms with Crippen molar-refractivity contribution in [2.45, 2.75) is 45.6 Å². The van der Waals surface area contributed by atoms with Crippen molar-refractivity contribution in [3.63, 3.8) is 0 Å². The molecular weight excluding hydrogens is 354 g/mol. The van der Waals surface area contributed by atoms with E-state index in [2.05, 4.69) is 26.1 Å². The topological polar surface area (TPSA) is 56.8 Å². The molecule has 2 aromatic carbocycles. The van der Waals surface area contributed by atoms with Gasteiger partial charge in [0.25, 0.3) is 5.91 Å². The Morgan fingerprint density at radius 2 is 1.68 bits per heavy atom. The van der Waals surface area contributed by atoms with E-state index in [-0.39, 0.29) is 24.0 Å². The molecule has 0 aliphatic rings. The van der Waals surface area contributed by atoms with Crippen LogP contribution in [0.15, 0.2) is 42.5 Å². The van der Waals surface area contributed by atoms with Crippen LogP contribution >= 0.6 is 0 Å². The van der Waals surface area contributed by atoms with Crippen LogP contribution in [-0.2, 0) is 10.2 Å². The smallest absolute Gasteiger partial charge is 0.258 e. The number of ether oxygens (including phenoxy) is 3. The zero-order chi connectivity index (χ0) is 20.7. The molecule has 1 amide bonds. The zero-order valence-corrected chi connectivity index (χ0v) is 17.7. The van der Waals surface area contributed by atoms with Crippen LogP contribution in [0.5, 0.6) is 17.2 Å². The van der Waals surface area contributed by atoms with Crippen molar-refractivity contribution < 1.29 is 19.0 Å². The minimum atomic E-state index is -0.162. The first-order valence-electron chi connectivity index (χ1n) is 9.53. The van der Waals surface area contributed by atoms with Crippen LogP contribution in [0.25, 0.3) is 0 Å². The van der Waals surface area contributed by atoms with Gasteiger partial charge in [0.05, 0.1) is 20.3 Å². The molecule has 28 heavy (non-hydrogen) atoms. The molecule has 0 saturated heterocycles. The number of hydrogen-bond donors (Lipinski definition) is 1. The van der Waals surface area contributed by atoms with E-state index in [1.54, 1.807) is 14.2 Å². The van der Waals surface area contributed by atoms with E-state index in [0.29, 0.717) is 11.5 Å². The number of hydrogen-bond acceptors (Lipinski definition) is 4. The van der Waals surface area contributed by atoms with Crippen LogP contribution in [0.1, 0.15) is 51.3 Å². The second-order valence-corrected chi connectivity index (χ2v) is 7.68. The third kappa shape index (κ3) is 5.41. The molecule has 5 nitrogen and oxygen atoms in total. The summed E-state index contributed by atoms with van der Waals surface area (Å²) in [7, 11) is 3.20. The molecule has 1 atom stereocenters. The fourth-order valence-electron chi connectivity index (χ4n) is 3.08. The van der Waals surface area contributed by atoms with Gasteiger partial charge in [-0.05, 0) is 41.2 Å². The lowest BCUT2D eigenvalue weighted by Crippen LogP contribution is -2.32. The number of rotatable bonds is 8. The van der Waals surface area contributed by atoms with E-state index in [9.17, 15) is 4.79 Å². The molecule has 0 aromatic heterocycles. The lowest BCUT2D eigenvalue weighted by molar-refractivity contribution is -0.123. The highest BCUT2D eigenvalue weighted by atomic mass is 16.5. The molecule has 2 rings (SSSR count). The summed E-state index contributed by atoms with van der Waals surface area (Å²) in [6, 6.07) is 13.4. The van der Waals surface area contributed by atoms with Gasteiger partial charge < -0.3 is 19.5 Å². The lowest BCUT2D eigenvalue weighted by Gasteiger charge is -2.23. The fraction of sp³-hybridized carbons (Fsp3) is 0.435. The van der Waals surface area contributed by atoms with E-state index in [0.717, 1.165) is 23.3 Å². The number of carbonyl (C=O) groups excluding carboxylic acids is 1. The van der Waals surface area contributed by atoms with Crippen LogP contribution in [0.2, 0.25) is 0 Å². The molecule has 2 aromatic rings. The van der Waals surface area contributed by atoms with Gasteiger partial charge >= 0.3 is 0 Å². The van der Waals surface area contributed by atoms with E-state index in [1.807, 2.05) is 49.4 Å². The Morgan fingerprint density at radius 1 is 1.00 bits per heavy atom. The summed E-state index contributed by atoms with van der Waals surface area (Å²) in [4.78, 5) is 12.5. The predicted molar refractivity (Wildman–Crippen MR) is 111 cm³/mol. The van der Waals surface area contributed by atoms with Crippen LogP contribution in [0.3, 0.4) is 0 Å². The highest BCUT2D eigenvalue weighted by molar-refractivity contribution is 5.78. The molecule has 0 unspecified atom stereocenters. The Labute approximate surface area is 168 Å². The van der Waals surface area contributed by atoms with Gasteiger partial charge in [0.2, 0.25) is 0 Å². The Hall–Kier alpha value is -2.69. The minimum absolute atomic E-state index is 0.0309. The van der Waals surface area contributed by atoms with Gasteiger partial charge in [0.1, 0.15) is 5.75 Å². The van der Waals surface area contributed by atoms with Crippen molar-refractivity contribution in [2.75, 3.05) is 20.8 Å². The molecular formula is C23H31NO4. The van der Waals surface area contributed by atoms with Crippen molar-refractivity contribution in [2.24, 2.45) is 0 Å². The first-order chi connectivity index (χ1) is 13.3. The first-order valence-corrected chi connectivity index (χ1v) is 9.53. The Morgan fingerprint density at radius 3 is 2.29 bits per heavy atom. The summed E-state index contributed by atoms with van der Waals surface area (Å²) in [6.07, 6.45) is 0.750. The fourth-order valence-corrected chi connectivity index (χ4v) is 3.08. The largest absolute Gasteiger partial charge is 0.493 e. The molecule has 5 heteroatoms. The number of benzene rings is 2.